The molecule has 1 saturated heterocycles. The van der Waals surface area contributed by atoms with E-state index in [-0.39, 0.29) is 36.0 Å². The van der Waals surface area contributed by atoms with Crippen molar-refractivity contribution in [3.8, 4) is 0 Å². The molecular weight excluding hydrogens is 186 g/mol. The molecule has 1 fully saturated rings. The minimum atomic E-state index is -2.74. The topological polar surface area (TPSA) is 46.2 Å². The molecule has 0 amide bonds. The van der Waals surface area contributed by atoms with E-state index in [2.05, 4.69) is 5.32 Å². The van der Waals surface area contributed by atoms with E-state index in [9.17, 15) is 8.42 Å². The van der Waals surface area contributed by atoms with Crippen LogP contribution in [0.5, 0.6) is 0 Å². The molecule has 2 atom stereocenters. The summed E-state index contributed by atoms with van der Waals surface area (Å²) in [5.41, 5.74) is 0. The van der Waals surface area contributed by atoms with Crippen molar-refractivity contribution in [1.82, 2.24) is 5.32 Å². The highest BCUT2D eigenvalue weighted by Crippen LogP contribution is 2.05. The second-order valence-electron chi connectivity index (χ2n) is 3.05. The lowest BCUT2D eigenvalue weighted by molar-refractivity contribution is 0.478. The van der Waals surface area contributed by atoms with Gasteiger partial charge < -0.3 is 5.32 Å². The molecule has 0 saturated carbocycles. The quantitative estimate of drug-likeness (QED) is 0.607. The van der Waals surface area contributed by atoms with E-state index in [1.54, 1.807) is 0 Å². The van der Waals surface area contributed by atoms with Crippen LogP contribution in [-0.2, 0) is 9.84 Å². The van der Waals surface area contributed by atoms with Crippen molar-refractivity contribution in [3.05, 3.63) is 0 Å². The van der Waals surface area contributed by atoms with Crippen LogP contribution in [0.4, 0.5) is 0 Å². The molecule has 0 aromatic rings. The molecule has 11 heavy (non-hydrogen) atoms. The fourth-order valence-electron chi connectivity index (χ4n) is 1.41. The maximum Gasteiger partial charge on any atom is 0.153 e. The fraction of sp³-hybridized carbons (Fsp3) is 1.00. The van der Waals surface area contributed by atoms with Crippen LogP contribution >= 0.6 is 12.4 Å². The van der Waals surface area contributed by atoms with Crippen LogP contribution in [0.2, 0.25) is 0 Å². The summed E-state index contributed by atoms with van der Waals surface area (Å²) in [5.74, 6) is 0.578. The smallest absolute Gasteiger partial charge is 0.153 e. The van der Waals surface area contributed by atoms with Crippen molar-refractivity contribution in [2.45, 2.75) is 25.9 Å². The van der Waals surface area contributed by atoms with Gasteiger partial charge in [-0.1, -0.05) is 0 Å². The minimum Gasteiger partial charge on any atom is -0.310 e. The first-order chi connectivity index (χ1) is 4.49. The Labute approximate surface area is 73.9 Å². The molecule has 1 rings (SSSR count). The Balaban J connectivity index is 0.000001000. The van der Waals surface area contributed by atoms with Crippen molar-refractivity contribution in [3.63, 3.8) is 0 Å². The van der Waals surface area contributed by atoms with Crippen LogP contribution in [0.15, 0.2) is 0 Å². The van der Waals surface area contributed by atoms with Gasteiger partial charge in [-0.05, 0) is 13.8 Å². The van der Waals surface area contributed by atoms with E-state index in [1.807, 2.05) is 13.8 Å². The number of sulfone groups is 1. The van der Waals surface area contributed by atoms with Crippen molar-refractivity contribution in [2.75, 3.05) is 11.5 Å². The predicted octanol–water partition coefficient (Wildman–Crippen LogP) is 0.203. The molecule has 1 N–H and O–H groups in total. The highest BCUT2D eigenvalue weighted by atomic mass is 35.5. The van der Waals surface area contributed by atoms with Gasteiger partial charge in [0.15, 0.2) is 9.84 Å². The Morgan fingerprint density at radius 1 is 1.18 bits per heavy atom. The molecule has 1 heterocycles. The molecule has 0 bridgehead atoms. The molecule has 0 aromatic carbocycles. The highest BCUT2D eigenvalue weighted by Gasteiger charge is 2.25. The molecular formula is C6H14ClNO2S. The molecule has 1 aliphatic heterocycles. The van der Waals surface area contributed by atoms with Gasteiger partial charge in [-0.15, -0.1) is 12.4 Å². The van der Waals surface area contributed by atoms with E-state index < -0.39 is 9.84 Å². The first-order valence-corrected chi connectivity index (χ1v) is 5.28. The van der Waals surface area contributed by atoms with E-state index >= 15 is 0 Å². The zero-order valence-corrected chi connectivity index (χ0v) is 8.33. The van der Waals surface area contributed by atoms with Gasteiger partial charge in [0.1, 0.15) is 0 Å². The summed E-state index contributed by atoms with van der Waals surface area (Å²) in [4.78, 5) is 0. The zero-order valence-electron chi connectivity index (χ0n) is 6.70. The zero-order chi connectivity index (χ0) is 7.78. The van der Waals surface area contributed by atoms with Gasteiger partial charge >= 0.3 is 0 Å². The molecule has 0 aromatic heterocycles. The Morgan fingerprint density at radius 3 is 1.82 bits per heavy atom. The second-order valence-corrected chi connectivity index (χ2v) is 5.20. The predicted molar refractivity (Wildman–Crippen MR) is 48.0 cm³/mol. The van der Waals surface area contributed by atoms with Gasteiger partial charge in [0.2, 0.25) is 0 Å². The molecule has 68 valence electrons. The van der Waals surface area contributed by atoms with Crippen LogP contribution in [-0.4, -0.2) is 32.0 Å². The van der Waals surface area contributed by atoms with Gasteiger partial charge in [-0.2, -0.15) is 0 Å². The fourth-order valence-corrected chi connectivity index (χ4v) is 3.26. The molecule has 1 aliphatic rings. The van der Waals surface area contributed by atoms with Gasteiger partial charge in [0, 0.05) is 12.1 Å². The Hall–Kier alpha value is 0.200. The Morgan fingerprint density at radius 2 is 1.55 bits per heavy atom. The van der Waals surface area contributed by atoms with Gasteiger partial charge in [-0.3, -0.25) is 0 Å². The second kappa shape index (κ2) is 3.74. The first kappa shape index (κ1) is 11.2. The highest BCUT2D eigenvalue weighted by molar-refractivity contribution is 7.91. The van der Waals surface area contributed by atoms with Crippen LogP contribution < -0.4 is 5.32 Å². The average Bonchev–Trinajstić information content (AvgIpc) is 1.54. The molecule has 2 unspecified atom stereocenters. The third-order valence-corrected chi connectivity index (χ3v) is 3.59. The van der Waals surface area contributed by atoms with E-state index in [0.717, 1.165) is 0 Å². The SMILES string of the molecule is CC1CS(=O)(=O)CC(C)N1.Cl. The lowest BCUT2D eigenvalue weighted by Crippen LogP contribution is -2.48. The number of halogens is 1. The summed E-state index contributed by atoms with van der Waals surface area (Å²) < 4.78 is 22.1. The summed E-state index contributed by atoms with van der Waals surface area (Å²) in [6.07, 6.45) is 0. The number of rotatable bonds is 0. The molecule has 3 nitrogen and oxygen atoms in total. The van der Waals surface area contributed by atoms with Crippen LogP contribution in [0.1, 0.15) is 13.8 Å². The maximum absolute atomic E-state index is 11.0. The summed E-state index contributed by atoms with van der Waals surface area (Å²) in [7, 11) is -2.74. The first-order valence-electron chi connectivity index (χ1n) is 3.46. The van der Waals surface area contributed by atoms with Crippen molar-refractivity contribution < 1.29 is 8.42 Å². The van der Waals surface area contributed by atoms with Crippen LogP contribution in [0.3, 0.4) is 0 Å². The summed E-state index contributed by atoms with van der Waals surface area (Å²) in [5, 5.41) is 3.16. The monoisotopic (exact) mass is 199 g/mol. The van der Waals surface area contributed by atoms with Gasteiger partial charge in [0.05, 0.1) is 11.5 Å². The summed E-state index contributed by atoms with van der Waals surface area (Å²) in [6, 6.07) is 0.238. The normalized spacial score (nSPS) is 35.8. The molecule has 0 radical (unpaired) electrons. The third-order valence-electron chi connectivity index (χ3n) is 1.58. The maximum atomic E-state index is 11.0. The number of hydrogen-bond acceptors (Lipinski definition) is 3. The Bertz CT molecular complexity index is 199. The van der Waals surface area contributed by atoms with E-state index in [4.69, 9.17) is 0 Å². The minimum absolute atomic E-state index is 0. The largest absolute Gasteiger partial charge is 0.310 e. The van der Waals surface area contributed by atoms with Crippen LogP contribution in [0, 0.1) is 0 Å². The van der Waals surface area contributed by atoms with Crippen molar-refractivity contribution in [1.29, 1.82) is 0 Å². The molecule has 5 heteroatoms. The van der Waals surface area contributed by atoms with Crippen LogP contribution in [0.25, 0.3) is 0 Å². The van der Waals surface area contributed by atoms with Gasteiger partial charge in [-0.25, -0.2) is 8.42 Å². The van der Waals surface area contributed by atoms with E-state index in [0.29, 0.717) is 0 Å². The lowest BCUT2D eigenvalue weighted by Gasteiger charge is -2.25. The standard InChI is InChI=1S/C6H13NO2S.ClH/c1-5-3-10(8,9)4-6(2)7-5;/h5-7H,3-4H2,1-2H3;1H. The van der Waals surface area contributed by atoms with Gasteiger partial charge in [0.25, 0.3) is 0 Å². The summed E-state index contributed by atoms with van der Waals surface area (Å²) in [6.45, 7) is 3.79. The summed E-state index contributed by atoms with van der Waals surface area (Å²) >= 11 is 0. The lowest BCUT2D eigenvalue weighted by atomic mass is 10.3. The molecule has 0 spiro atoms. The average molecular weight is 200 g/mol. The van der Waals surface area contributed by atoms with Crippen molar-refractivity contribution in [2.24, 2.45) is 0 Å². The molecule has 0 aliphatic carbocycles. The van der Waals surface area contributed by atoms with Crippen molar-refractivity contribution >= 4 is 22.2 Å². The third kappa shape index (κ3) is 3.40. The Kier molecular flexibility index (Phi) is 3.80. The number of nitrogens with one attached hydrogen (secondary N) is 1. The number of hydrogen-bond donors (Lipinski definition) is 1. The van der Waals surface area contributed by atoms with E-state index in [1.165, 1.54) is 0 Å².